The van der Waals surface area contributed by atoms with Crippen LogP contribution in [0.5, 0.6) is 11.5 Å². The molecule has 6 heteroatoms. The predicted octanol–water partition coefficient (Wildman–Crippen LogP) is 4.54. The summed E-state index contributed by atoms with van der Waals surface area (Å²) in [7, 11) is 0. The molecule has 0 N–H and O–H groups in total. The highest BCUT2D eigenvalue weighted by Crippen LogP contribution is 2.31. The van der Waals surface area contributed by atoms with E-state index >= 15 is 0 Å². The fourth-order valence-electron chi connectivity index (χ4n) is 2.77. The van der Waals surface area contributed by atoms with Crippen LogP contribution in [0.1, 0.15) is 30.2 Å². The van der Waals surface area contributed by atoms with Crippen LogP contribution in [0.25, 0.3) is 0 Å². The average Bonchev–Trinajstić information content (AvgIpc) is 2.89. The van der Waals surface area contributed by atoms with E-state index < -0.39 is 0 Å². The highest BCUT2D eigenvalue weighted by Gasteiger charge is 2.15. The van der Waals surface area contributed by atoms with Gasteiger partial charge in [-0.3, -0.25) is 4.79 Å². The molecule has 4 nitrogen and oxygen atoms in total. The van der Waals surface area contributed by atoms with Gasteiger partial charge in [-0.25, -0.2) is 0 Å². The third-order valence-corrected chi connectivity index (χ3v) is 5.37. The smallest absolute Gasteiger partial charge is 0.223 e. The van der Waals surface area contributed by atoms with E-state index in [1.54, 1.807) is 0 Å². The topological polar surface area (TPSA) is 38.8 Å². The lowest BCUT2D eigenvalue weighted by atomic mass is 10.1. The van der Waals surface area contributed by atoms with Crippen molar-refractivity contribution in [3.05, 3.63) is 45.1 Å². The number of carbonyl (C=O) groups excluding carboxylic acids is 1. The molecule has 0 aliphatic carbocycles. The van der Waals surface area contributed by atoms with Crippen molar-refractivity contribution in [3.63, 3.8) is 0 Å². The monoisotopic (exact) mass is 379 g/mol. The molecule has 1 aliphatic rings. The van der Waals surface area contributed by atoms with Gasteiger partial charge < -0.3 is 14.4 Å². The third kappa shape index (κ3) is 4.89. The molecule has 0 radical (unpaired) electrons. The van der Waals surface area contributed by atoms with Crippen molar-refractivity contribution in [2.24, 2.45) is 0 Å². The van der Waals surface area contributed by atoms with Gasteiger partial charge in [0, 0.05) is 24.3 Å². The van der Waals surface area contributed by atoms with Gasteiger partial charge in [0.05, 0.1) is 24.1 Å². The number of carbonyl (C=O) groups is 1. The number of ether oxygens (including phenoxy) is 2. The van der Waals surface area contributed by atoms with Crippen LogP contribution in [0.4, 0.5) is 0 Å². The van der Waals surface area contributed by atoms with E-state index in [0.29, 0.717) is 39.1 Å². The lowest BCUT2D eigenvalue weighted by molar-refractivity contribution is -0.131. The quantitative estimate of drug-likeness (QED) is 0.739. The Balaban J connectivity index is 1.58. The lowest BCUT2D eigenvalue weighted by Gasteiger charge is -2.20. The maximum absolute atomic E-state index is 12.5. The largest absolute Gasteiger partial charge is 0.490 e. The molecule has 1 aromatic heterocycles. The van der Waals surface area contributed by atoms with Crippen LogP contribution in [-0.4, -0.2) is 30.6 Å². The zero-order valence-corrected chi connectivity index (χ0v) is 15.9. The van der Waals surface area contributed by atoms with Gasteiger partial charge in [-0.15, -0.1) is 11.3 Å². The molecule has 0 fully saturated rings. The number of hydrogen-bond acceptors (Lipinski definition) is 4. The number of halogens is 1. The van der Waals surface area contributed by atoms with Gasteiger partial charge in [-0.2, -0.15) is 0 Å². The Labute approximate surface area is 157 Å². The summed E-state index contributed by atoms with van der Waals surface area (Å²) in [5.41, 5.74) is 1.09. The van der Waals surface area contributed by atoms with Crippen molar-refractivity contribution in [1.29, 1.82) is 0 Å². The van der Waals surface area contributed by atoms with Crippen molar-refractivity contribution >= 4 is 28.8 Å². The molecule has 0 spiro atoms. The highest BCUT2D eigenvalue weighted by atomic mass is 35.5. The molecule has 1 aliphatic heterocycles. The van der Waals surface area contributed by atoms with Crippen molar-refractivity contribution < 1.29 is 14.3 Å². The summed E-state index contributed by atoms with van der Waals surface area (Å²) in [5, 5.41) is 0. The van der Waals surface area contributed by atoms with Gasteiger partial charge in [0.1, 0.15) is 0 Å². The number of amides is 1. The van der Waals surface area contributed by atoms with Crippen LogP contribution >= 0.6 is 22.9 Å². The normalized spacial score (nSPS) is 13.4. The number of fused-ring (bicyclic) bond motifs is 1. The molecule has 1 amide bonds. The summed E-state index contributed by atoms with van der Waals surface area (Å²) in [6.07, 6.45) is 2.06. The van der Waals surface area contributed by atoms with Gasteiger partial charge in [0.25, 0.3) is 0 Å². The maximum atomic E-state index is 12.5. The molecule has 3 rings (SSSR count). The van der Waals surface area contributed by atoms with E-state index in [1.165, 1.54) is 11.3 Å². The number of thiophene rings is 1. The zero-order valence-electron chi connectivity index (χ0n) is 14.3. The number of nitrogens with zero attached hydrogens (tertiary/aromatic N) is 1. The van der Waals surface area contributed by atoms with Crippen molar-refractivity contribution in [3.8, 4) is 11.5 Å². The van der Waals surface area contributed by atoms with Crippen LogP contribution in [-0.2, 0) is 17.8 Å². The zero-order chi connectivity index (χ0) is 17.6. The van der Waals surface area contributed by atoms with Crippen molar-refractivity contribution in [2.75, 3.05) is 19.8 Å². The van der Waals surface area contributed by atoms with Crippen LogP contribution in [0, 0.1) is 0 Å². The molecule has 1 aromatic carbocycles. The standard InChI is InChI=1S/C19H22ClNO3S/c1-2-21(13-15-6-8-18(20)25-15)19(22)9-5-14-4-7-16-17(12-14)24-11-3-10-23-16/h4,6-8,12H,2-3,5,9-11,13H2,1H3. The van der Waals surface area contributed by atoms with Crippen molar-refractivity contribution in [1.82, 2.24) is 4.90 Å². The first-order valence-electron chi connectivity index (χ1n) is 8.56. The SMILES string of the molecule is CCN(Cc1ccc(Cl)s1)C(=O)CCc1ccc2c(c1)OCCCO2. The molecular formula is C19H22ClNO3S. The van der Waals surface area contributed by atoms with Crippen LogP contribution < -0.4 is 9.47 Å². The third-order valence-electron chi connectivity index (χ3n) is 4.15. The number of hydrogen-bond donors (Lipinski definition) is 0. The van der Waals surface area contributed by atoms with Crippen LogP contribution in [0.3, 0.4) is 0 Å². The van der Waals surface area contributed by atoms with Crippen LogP contribution in [0.2, 0.25) is 4.34 Å². The van der Waals surface area contributed by atoms with Crippen molar-refractivity contribution in [2.45, 2.75) is 32.7 Å². The fraction of sp³-hybridized carbons (Fsp3) is 0.421. The van der Waals surface area contributed by atoms with Gasteiger partial charge >= 0.3 is 0 Å². The van der Waals surface area contributed by atoms with E-state index in [0.717, 1.165) is 32.7 Å². The van der Waals surface area contributed by atoms with Gasteiger partial charge in [-0.1, -0.05) is 17.7 Å². The maximum Gasteiger partial charge on any atom is 0.223 e. The summed E-state index contributed by atoms with van der Waals surface area (Å²) < 4.78 is 12.1. The summed E-state index contributed by atoms with van der Waals surface area (Å²) in [5.74, 6) is 1.72. The second-order valence-electron chi connectivity index (χ2n) is 5.95. The summed E-state index contributed by atoms with van der Waals surface area (Å²) in [4.78, 5) is 15.5. The lowest BCUT2D eigenvalue weighted by Crippen LogP contribution is -2.30. The van der Waals surface area contributed by atoms with E-state index in [-0.39, 0.29) is 5.91 Å². The number of benzene rings is 1. The Morgan fingerprint density at radius 1 is 1.20 bits per heavy atom. The molecule has 25 heavy (non-hydrogen) atoms. The van der Waals surface area contributed by atoms with Gasteiger partial charge in [-0.05, 0) is 43.2 Å². The molecule has 0 saturated heterocycles. The molecule has 2 aromatic rings. The highest BCUT2D eigenvalue weighted by molar-refractivity contribution is 7.16. The second-order valence-corrected chi connectivity index (χ2v) is 7.74. The van der Waals surface area contributed by atoms with E-state index in [4.69, 9.17) is 21.1 Å². The summed E-state index contributed by atoms with van der Waals surface area (Å²) in [6, 6.07) is 9.79. The average molecular weight is 380 g/mol. The minimum Gasteiger partial charge on any atom is -0.490 e. The Morgan fingerprint density at radius 2 is 2.00 bits per heavy atom. The fourth-order valence-corrected chi connectivity index (χ4v) is 3.88. The minimum absolute atomic E-state index is 0.152. The molecule has 134 valence electrons. The molecule has 0 atom stereocenters. The summed E-state index contributed by atoms with van der Waals surface area (Å²) in [6.45, 7) is 4.66. The summed E-state index contributed by atoms with van der Waals surface area (Å²) >= 11 is 7.49. The first kappa shape index (κ1) is 18.1. The number of rotatable bonds is 6. The van der Waals surface area contributed by atoms with Crippen LogP contribution in [0.15, 0.2) is 30.3 Å². The second kappa shape index (κ2) is 8.59. The van der Waals surface area contributed by atoms with E-state index in [9.17, 15) is 4.79 Å². The van der Waals surface area contributed by atoms with Gasteiger partial charge in [0.2, 0.25) is 5.91 Å². The predicted molar refractivity (Wildman–Crippen MR) is 101 cm³/mol. The molecular weight excluding hydrogens is 358 g/mol. The van der Waals surface area contributed by atoms with Gasteiger partial charge in [0.15, 0.2) is 11.5 Å². The number of aryl methyl sites for hydroxylation is 1. The molecule has 0 saturated carbocycles. The van der Waals surface area contributed by atoms with E-state index in [1.807, 2.05) is 42.2 Å². The Bertz CT molecular complexity index is 731. The molecule has 0 unspecified atom stereocenters. The molecule has 0 bridgehead atoms. The van der Waals surface area contributed by atoms with E-state index in [2.05, 4.69) is 0 Å². The Hall–Kier alpha value is -1.72. The first-order chi connectivity index (χ1) is 12.2. The Morgan fingerprint density at radius 3 is 2.72 bits per heavy atom. The minimum atomic E-state index is 0.152. The molecule has 2 heterocycles. The first-order valence-corrected chi connectivity index (χ1v) is 9.75. The Kier molecular flexibility index (Phi) is 6.21.